The molecule has 16 heavy (non-hydrogen) atoms. The maximum absolute atomic E-state index is 6.10. The summed E-state index contributed by atoms with van der Waals surface area (Å²) in [7, 11) is 0. The Kier molecular flexibility index (Phi) is 5.26. The largest absolute Gasteiger partial charge is 0.329 e. The van der Waals surface area contributed by atoms with Crippen molar-refractivity contribution in [3.63, 3.8) is 0 Å². The zero-order valence-electron chi connectivity index (χ0n) is 11.6. The lowest BCUT2D eigenvalue weighted by Crippen LogP contribution is -2.55. The lowest BCUT2D eigenvalue weighted by atomic mass is 9.87. The van der Waals surface area contributed by atoms with Crippen LogP contribution in [0.3, 0.4) is 0 Å². The van der Waals surface area contributed by atoms with Crippen molar-refractivity contribution in [1.82, 2.24) is 4.90 Å². The van der Waals surface area contributed by atoms with Gasteiger partial charge in [-0.25, -0.2) is 0 Å². The molecule has 2 N–H and O–H groups in total. The highest BCUT2D eigenvalue weighted by Gasteiger charge is 2.40. The van der Waals surface area contributed by atoms with Crippen LogP contribution in [0.25, 0.3) is 0 Å². The number of unbranched alkanes of at least 4 members (excludes halogenated alkanes) is 1. The number of hydrogen-bond donors (Lipinski definition) is 1. The quantitative estimate of drug-likeness (QED) is 0.754. The molecule has 1 aliphatic rings. The van der Waals surface area contributed by atoms with Gasteiger partial charge in [0.05, 0.1) is 0 Å². The van der Waals surface area contributed by atoms with E-state index in [0.29, 0.717) is 0 Å². The summed E-state index contributed by atoms with van der Waals surface area (Å²) in [5, 5.41) is 0. The van der Waals surface area contributed by atoms with E-state index in [2.05, 4.69) is 32.6 Å². The van der Waals surface area contributed by atoms with Crippen LogP contribution in [0.1, 0.15) is 59.8 Å². The van der Waals surface area contributed by atoms with Gasteiger partial charge in [0.15, 0.2) is 0 Å². The van der Waals surface area contributed by atoms with Gasteiger partial charge >= 0.3 is 0 Å². The number of nitrogens with zero attached hydrogens (tertiary/aromatic N) is 1. The number of nitrogens with two attached hydrogens (primary N) is 1. The monoisotopic (exact) mass is 226 g/mol. The van der Waals surface area contributed by atoms with Crippen molar-refractivity contribution in [3.05, 3.63) is 0 Å². The van der Waals surface area contributed by atoms with E-state index in [9.17, 15) is 0 Å². The van der Waals surface area contributed by atoms with Gasteiger partial charge in [-0.3, -0.25) is 4.90 Å². The summed E-state index contributed by atoms with van der Waals surface area (Å²) < 4.78 is 0. The lowest BCUT2D eigenvalue weighted by molar-refractivity contribution is 0.0698. The Morgan fingerprint density at radius 2 is 2.00 bits per heavy atom. The van der Waals surface area contributed by atoms with Crippen molar-refractivity contribution in [2.45, 2.75) is 71.4 Å². The van der Waals surface area contributed by atoms with E-state index < -0.39 is 0 Å². The van der Waals surface area contributed by atoms with E-state index in [4.69, 9.17) is 5.73 Å². The minimum Gasteiger partial charge on any atom is -0.329 e. The van der Waals surface area contributed by atoms with Crippen LogP contribution in [-0.2, 0) is 0 Å². The van der Waals surface area contributed by atoms with Gasteiger partial charge in [0.1, 0.15) is 0 Å². The highest BCUT2D eigenvalue weighted by atomic mass is 15.3. The molecule has 0 bridgehead atoms. The van der Waals surface area contributed by atoms with Gasteiger partial charge in [-0.05, 0) is 32.1 Å². The second-order valence-electron chi connectivity index (χ2n) is 5.73. The molecule has 0 saturated carbocycles. The zero-order chi connectivity index (χ0) is 12.2. The minimum atomic E-state index is 0.278. The van der Waals surface area contributed by atoms with Crippen LogP contribution < -0.4 is 5.73 Å². The number of rotatable bonds is 6. The Balaban J connectivity index is 2.75. The minimum absolute atomic E-state index is 0.278. The van der Waals surface area contributed by atoms with Crippen LogP contribution in [0.5, 0.6) is 0 Å². The fourth-order valence-electron chi connectivity index (χ4n) is 3.35. The summed E-state index contributed by atoms with van der Waals surface area (Å²) in [5.74, 6) is 0.842. The van der Waals surface area contributed by atoms with E-state index in [0.717, 1.165) is 18.5 Å². The predicted molar refractivity (Wildman–Crippen MR) is 71.6 cm³/mol. The molecular weight excluding hydrogens is 196 g/mol. The Hall–Kier alpha value is -0.0800. The van der Waals surface area contributed by atoms with Gasteiger partial charge < -0.3 is 5.73 Å². The van der Waals surface area contributed by atoms with Crippen molar-refractivity contribution in [2.75, 3.05) is 13.1 Å². The highest BCUT2D eigenvalue weighted by molar-refractivity contribution is 4.97. The SMILES string of the molecule is CCCCC(CC)(CN)N1CC(C)CC1C. The first-order valence-electron chi connectivity index (χ1n) is 7.06. The molecule has 0 radical (unpaired) electrons. The van der Waals surface area contributed by atoms with Crippen molar-refractivity contribution in [1.29, 1.82) is 0 Å². The fourth-order valence-corrected chi connectivity index (χ4v) is 3.35. The van der Waals surface area contributed by atoms with Crippen LogP contribution in [0.15, 0.2) is 0 Å². The molecule has 0 spiro atoms. The number of likely N-dealkylation sites (tertiary alicyclic amines) is 1. The van der Waals surface area contributed by atoms with Gasteiger partial charge in [0.25, 0.3) is 0 Å². The average molecular weight is 226 g/mol. The Bertz CT molecular complexity index is 199. The van der Waals surface area contributed by atoms with Crippen molar-refractivity contribution in [3.8, 4) is 0 Å². The molecule has 3 unspecified atom stereocenters. The maximum atomic E-state index is 6.10. The summed E-state index contributed by atoms with van der Waals surface area (Å²) in [6.07, 6.45) is 6.39. The molecule has 1 fully saturated rings. The van der Waals surface area contributed by atoms with E-state index in [1.54, 1.807) is 0 Å². The molecule has 1 saturated heterocycles. The van der Waals surface area contributed by atoms with E-state index in [1.807, 2.05) is 0 Å². The molecule has 1 rings (SSSR count). The molecule has 96 valence electrons. The number of hydrogen-bond acceptors (Lipinski definition) is 2. The average Bonchev–Trinajstić information content (AvgIpc) is 2.61. The Morgan fingerprint density at radius 1 is 1.31 bits per heavy atom. The molecule has 2 heteroatoms. The molecule has 0 aromatic heterocycles. The van der Waals surface area contributed by atoms with Gasteiger partial charge in [-0.1, -0.05) is 33.6 Å². The third-order valence-electron chi connectivity index (χ3n) is 4.43. The van der Waals surface area contributed by atoms with E-state index >= 15 is 0 Å². The smallest absolute Gasteiger partial charge is 0.0332 e. The summed E-state index contributed by atoms with van der Waals surface area (Å²) in [6, 6.07) is 0.718. The van der Waals surface area contributed by atoms with Crippen LogP contribution in [0.2, 0.25) is 0 Å². The molecule has 2 nitrogen and oxygen atoms in total. The molecular formula is C14H30N2. The van der Waals surface area contributed by atoms with Crippen molar-refractivity contribution < 1.29 is 0 Å². The summed E-state index contributed by atoms with van der Waals surface area (Å²) in [4.78, 5) is 2.70. The van der Waals surface area contributed by atoms with Gasteiger partial charge in [0.2, 0.25) is 0 Å². The van der Waals surface area contributed by atoms with Crippen LogP contribution in [-0.4, -0.2) is 29.6 Å². The lowest BCUT2D eigenvalue weighted by Gasteiger charge is -2.43. The van der Waals surface area contributed by atoms with Gasteiger partial charge in [0, 0.05) is 24.7 Å². The summed E-state index contributed by atoms with van der Waals surface area (Å²) in [6.45, 7) is 11.4. The topological polar surface area (TPSA) is 29.3 Å². The van der Waals surface area contributed by atoms with Crippen LogP contribution in [0, 0.1) is 5.92 Å². The summed E-state index contributed by atoms with van der Waals surface area (Å²) in [5.41, 5.74) is 6.38. The molecule has 1 heterocycles. The molecule has 1 aliphatic heterocycles. The Labute approximate surface area is 102 Å². The second-order valence-corrected chi connectivity index (χ2v) is 5.73. The molecule has 0 aromatic carbocycles. The predicted octanol–water partition coefficient (Wildman–Crippen LogP) is 3.01. The van der Waals surface area contributed by atoms with Crippen molar-refractivity contribution >= 4 is 0 Å². The fraction of sp³-hybridized carbons (Fsp3) is 1.00. The van der Waals surface area contributed by atoms with Crippen molar-refractivity contribution in [2.24, 2.45) is 11.7 Å². The third kappa shape index (κ3) is 2.78. The zero-order valence-corrected chi connectivity index (χ0v) is 11.6. The molecule has 0 aromatic rings. The molecule has 0 amide bonds. The van der Waals surface area contributed by atoms with Gasteiger partial charge in [-0.2, -0.15) is 0 Å². The standard InChI is InChI=1S/C14H30N2/c1-5-7-8-14(6-2,11-15)16-10-12(3)9-13(16)4/h12-13H,5-11,15H2,1-4H3. The van der Waals surface area contributed by atoms with Gasteiger partial charge in [-0.15, -0.1) is 0 Å². The maximum Gasteiger partial charge on any atom is 0.0332 e. The molecule has 0 aliphatic carbocycles. The first kappa shape index (κ1) is 14.0. The normalized spacial score (nSPS) is 30.6. The van der Waals surface area contributed by atoms with E-state index in [-0.39, 0.29) is 5.54 Å². The van der Waals surface area contributed by atoms with E-state index in [1.165, 1.54) is 38.6 Å². The Morgan fingerprint density at radius 3 is 2.38 bits per heavy atom. The first-order chi connectivity index (χ1) is 7.59. The third-order valence-corrected chi connectivity index (χ3v) is 4.43. The second kappa shape index (κ2) is 6.02. The van der Waals surface area contributed by atoms with Crippen LogP contribution >= 0.6 is 0 Å². The molecule has 3 atom stereocenters. The van der Waals surface area contributed by atoms with Crippen LogP contribution in [0.4, 0.5) is 0 Å². The first-order valence-corrected chi connectivity index (χ1v) is 7.06. The highest BCUT2D eigenvalue weighted by Crippen LogP contribution is 2.34. The summed E-state index contributed by atoms with van der Waals surface area (Å²) >= 11 is 0.